The molecule has 1 aromatic heterocycles. The van der Waals surface area contributed by atoms with Crippen molar-refractivity contribution in [2.75, 3.05) is 26.2 Å². The lowest BCUT2D eigenvalue weighted by Crippen LogP contribution is -2.51. The minimum absolute atomic E-state index is 0.0106. The molecule has 0 unspecified atom stereocenters. The van der Waals surface area contributed by atoms with Gasteiger partial charge in [-0.05, 0) is 42.7 Å². The highest BCUT2D eigenvalue weighted by Crippen LogP contribution is 2.27. The van der Waals surface area contributed by atoms with E-state index < -0.39 is 23.0 Å². The van der Waals surface area contributed by atoms with Crippen LogP contribution in [-0.2, 0) is 11.3 Å². The van der Waals surface area contributed by atoms with Crippen LogP contribution in [0.25, 0.3) is 10.9 Å². The molecule has 188 valence electrons. The molecule has 1 saturated carbocycles. The molecule has 0 radical (unpaired) electrons. The van der Waals surface area contributed by atoms with Crippen molar-refractivity contribution in [3.63, 3.8) is 0 Å². The van der Waals surface area contributed by atoms with Crippen LogP contribution in [0.1, 0.15) is 41.6 Å². The molecule has 36 heavy (non-hydrogen) atoms. The first kappa shape index (κ1) is 24.2. The molecule has 1 aliphatic carbocycles. The Balaban J connectivity index is 1.35. The molecule has 0 bridgehead atoms. The largest absolute Gasteiger partial charge is 0.339 e. The van der Waals surface area contributed by atoms with Gasteiger partial charge in [0.2, 0.25) is 5.91 Å². The fourth-order valence-electron chi connectivity index (χ4n) is 5.20. The van der Waals surface area contributed by atoms with Gasteiger partial charge in [0.15, 0.2) is 0 Å². The van der Waals surface area contributed by atoms with E-state index in [1.54, 1.807) is 23.1 Å². The Morgan fingerprint density at radius 3 is 2.42 bits per heavy atom. The third kappa shape index (κ3) is 4.55. The van der Waals surface area contributed by atoms with Crippen molar-refractivity contribution >= 4 is 34.3 Å². The number of nitrogens with zero attached hydrogens (tertiary/aromatic N) is 3. The molecule has 2 fully saturated rings. The average Bonchev–Trinajstić information content (AvgIpc) is 3.41. The summed E-state index contributed by atoms with van der Waals surface area (Å²) in [5.41, 5.74) is -0.447. The van der Waals surface area contributed by atoms with E-state index in [0.717, 1.165) is 25.7 Å². The van der Waals surface area contributed by atoms with Crippen LogP contribution >= 0.6 is 11.6 Å². The van der Waals surface area contributed by atoms with E-state index in [-0.39, 0.29) is 34.3 Å². The highest BCUT2D eigenvalue weighted by molar-refractivity contribution is 6.35. The normalized spacial score (nSPS) is 16.6. The van der Waals surface area contributed by atoms with Gasteiger partial charge in [-0.1, -0.05) is 36.6 Å². The fourth-order valence-corrected chi connectivity index (χ4v) is 5.46. The van der Waals surface area contributed by atoms with Gasteiger partial charge < -0.3 is 9.80 Å². The van der Waals surface area contributed by atoms with Crippen LogP contribution in [0, 0.1) is 11.7 Å². The first-order valence-electron chi connectivity index (χ1n) is 12.1. The zero-order valence-electron chi connectivity index (χ0n) is 19.6. The first-order valence-corrected chi connectivity index (χ1v) is 12.5. The van der Waals surface area contributed by atoms with Crippen molar-refractivity contribution in [2.24, 2.45) is 5.92 Å². The molecule has 0 spiro atoms. The standard InChI is InChI=1S/C26H26ClFN4O4/c27-19-6-3-7-21-22(19)23(33)29-26(36)32(21)15-16-8-9-20(28)18(14-16)25(35)31-12-10-30(11-13-31)24(34)17-4-1-2-5-17/h3,6-9,14,17H,1-2,4-5,10-13,15H2,(H,29,33,36). The number of benzene rings is 2. The summed E-state index contributed by atoms with van der Waals surface area (Å²) in [7, 11) is 0. The molecule has 5 rings (SSSR count). The Hall–Kier alpha value is -3.46. The summed E-state index contributed by atoms with van der Waals surface area (Å²) in [5, 5.41) is 0.394. The SMILES string of the molecule is O=C(c1cc(Cn2c(=O)[nH]c(=O)c3c(Cl)cccc32)ccc1F)N1CCN(C(=O)C2CCCC2)CC1. The topological polar surface area (TPSA) is 95.5 Å². The molecule has 2 amide bonds. The lowest BCUT2D eigenvalue weighted by atomic mass is 10.1. The predicted molar refractivity (Wildman–Crippen MR) is 134 cm³/mol. The Morgan fingerprint density at radius 2 is 1.69 bits per heavy atom. The molecule has 0 atom stereocenters. The molecule has 1 saturated heterocycles. The van der Waals surface area contributed by atoms with Gasteiger partial charge in [-0.15, -0.1) is 0 Å². The number of aromatic amines is 1. The maximum atomic E-state index is 14.7. The van der Waals surface area contributed by atoms with Crippen LogP contribution in [0.5, 0.6) is 0 Å². The summed E-state index contributed by atoms with van der Waals surface area (Å²) in [6.07, 6.45) is 4.02. The number of hydrogen-bond acceptors (Lipinski definition) is 4. The number of H-pyrrole nitrogens is 1. The lowest BCUT2D eigenvalue weighted by Gasteiger charge is -2.36. The molecule has 10 heteroatoms. The van der Waals surface area contributed by atoms with Crippen LogP contribution in [0.3, 0.4) is 0 Å². The van der Waals surface area contributed by atoms with Crippen molar-refractivity contribution in [3.8, 4) is 0 Å². The van der Waals surface area contributed by atoms with E-state index in [1.165, 1.54) is 22.8 Å². The Bertz CT molecular complexity index is 1450. The summed E-state index contributed by atoms with van der Waals surface area (Å²) in [6, 6.07) is 8.94. The molecular weight excluding hydrogens is 487 g/mol. The van der Waals surface area contributed by atoms with Gasteiger partial charge in [-0.2, -0.15) is 0 Å². The minimum Gasteiger partial charge on any atom is -0.339 e. The van der Waals surface area contributed by atoms with Gasteiger partial charge in [0, 0.05) is 32.1 Å². The van der Waals surface area contributed by atoms with Gasteiger partial charge in [-0.25, -0.2) is 9.18 Å². The van der Waals surface area contributed by atoms with E-state index >= 15 is 0 Å². The Labute approximate surface area is 211 Å². The van der Waals surface area contributed by atoms with Gasteiger partial charge in [0.1, 0.15) is 5.82 Å². The van der Waals surface area contributed by atoms with E-state index in [4.69, 9.17) is 11.6 Å². The first-order chi connectivity index (χ1) is 17.3. The summed E-state index contributed by atoms with van der Waals surface area (Å²) in [4.78, 5) is 56.3. The number of aromatic nitrogens is 2. The number of rotatable bonds is 4. The van der Waals surface area contributed by atoms with E-state index in [9.17, 15) is 23.6 Å². The van der Waals surface area contributed by atoms with E-state index in [0.29, 0.717) is 37.3 Å². The molecule has 2 aromatic carbocycles. The number of piperazine rings is 1. The van der Waals surface area contributed by atoms with Crippen LogP contribution in [0.4, 0.5) is 4.39 Å². The number of hydrogen-bond donors (Lipinski definition) is 1. The summed E-state index contributed by atoms with van der Waals surface area (Å²) in [5.74, 6) is -0.867. The van der Waals surface area contributed by atoms with E-state index in [1.807, 2.05) is 4.90 Å². The number of fused-ring (bicyclic) bond motifs is 1. The smallest absolute Gasteiger partial charge is 0.329 e. The lowest BCUT2D eigenvalue weighted by molar-refractivity contribution is -0.136. The van der Waals surface area contributed by atoms with Crippen LogP contribution in [0.2, 0.25) is 5.02 Å². The number of nitrogens with one attached hydrogen (secondary N) is 1. The minimum atomic E-state index is -0.657. The van der Waals surface area contributed by atoms with Crippen LogP contribution < -0.4 is 11.2 Å². The average molecular weight is 513 g/mol. The van der Waals surface area contributed by atoms with Gasteiger partial charge in [-0.3, -0.25) is 23.9 Å². The summed E-state index contributed by atoms with van der Waals surface area (Å²) < 4.78 is 16.0. The third-order valence-electron chi connectivity index (χ3n) is 7.16. The van der Waals surface area contributed by atoms with Crippen molar-refractivity contribution in [3.05, 3.63) is 79.2 Å². The second kappa shape index (κ2) is 9.89. The van der Waals surface area contributed by atoms with Crippen molar-refractivity contribution in [1.29, 1.82) is 0 Å². The summed E-state index contributed by atoms with van der Waals surface area (Å²) in [6.45, 7) is 1.55. The summed E-state index contributed by atoms with van der Waals surface area (Å²) >= 11 is 6.17. The molecular formula is C26H26ClFN4O4. The molecule has 2 aliphatic rings. The predicted octanol–water partition coefficient (Wildman–Crippen LogP) is 3.01. The fraction of sp³-hybridized carbons (Fsp3) is 0.385. The van der Waals surface area contributed by atoms with E-state index in [2.05, 4.69) is 4.98 Å². The second-order valence-electron chi connectivity index (χ2n) is 9.39. The van der Waals surface area contributed by atoms with Crippen molar-refractivity contribution in [2.45, 2.75) is 32.2 Å². The highest BCUT2D eigenvalue weighted by Gasteiger charge is 2.31. The van der Waals surface area contributed by atoms with Crippen LogP contribution in [0.15, 0.2) is 46.0 Å². The third-order valence-corrected chi connectivity index (χ3v) is 7.47. The van der Waals surface area contributed by atoms with Gasteiger partial charge in [0.05, 0.1) is 28.0 Å². The quantitative estimate of drug-likeness (QED) is 0.581. The van der Waals surface area contributed by atoms with Gasteiger partial charge in [0.25, 0.3) is 11.5 Å². The molecule has 2 heterocycles. The Morgan fingerprint density at radius 1 is 1.00 bits per heavy atom. The Kier molecular flexibility index (Phi) is 6.66. The zero-order chi connectivity index (χ0) is 25.4. The second-order valence-corrected chi connectivity index (χ2v) is 9.80. The van der Waals surface area contributed by atoms with Crippen molar-refractivity contribution in [1.82, 2.24) is 19.4 Å². The highest BCUT2D eigenvalue weighted by atomic mass is 35.5. The molecule has 8 nitrogen and oxygen atoms in total. The monoisotopic (exact) mass is 512 g/mol. The maximum Gasteiger partial charge on any atom is 0.329 e. The molecule has 1 aliphatic heterocycles. The maximum absolute atomic E-state index is 14.7. The zero-order valence-corrected chi connectivity index (χ0v) is 20.4. The number of amides is 2. The van der Waals surface area contributed by atoms with Crippen molar-refractivity contribution < 1.29 is 14.0 Å². The molecule has 1 N–H and O–H groups in total. The molecule has 3 aromatic rings. The van der Waals surface area contributed by atoms with Crippen LogP contribution in [-0.4, -0.2) is 57.3 Å². The number of carbonyl (C=O) groups excluding carboxylic acids is 2. The van der Waals surface area contributed by atoms with Gasteiger partial charge >= 0.3 is 5.69 Å². The number of carbonyl (C=O) groups is 2. The number of halogens is 2.